The standard InChI is InChI=1S/C24H30ClN2O9P/c25-23-18-14-17(26-35-16-21(29)27-11-7-5-8-12-27)10-6-3-1-2-4-9-13-34-24(30)22(18)19(28)15-20(23)36-37(31,32)33/h2,4,6,10,15,28H,1,3,5,7-9,11-14,16H2,(H2,31,32,33)/b4-2+,10-6+,26-17-. The number of allylic oxidation sites excluding steroid dienone is 3. The number of phosphoric acid groups is 1. The van der Waals surface area contributed by atoms with E-state index in [4.69, 9.17) is 21.2 Å². The van der Waals surface area contributed by atoms with Crippen molar-refractivity contribution in [1.82, 2.24) is 4.90 Å². The van der Waals surface area contributed by atoms with Crippen molar-refractivity contribution in [3.8, 4) is 11.5 Å². The van der Waals surface area contributed by atoms with Crippen LogP contribution in [0.5, 0.6) is 11.5 Å². The first-order valence-electron chi connectivity index (χ1n) is 11.9. The fraction of sp³-hybridized carbons (Fsp3) is 0.458. The number of halogens is 1. The van der Waals surface area contributed by atoms with E-state index in [0.29, 0.717) is 25.9 Å². The maximum atomic E-state index is 12.8. The number of phenolic OH excluding ortho intramolecular Hbond substituents is 1. The highest BCUT2D eigenvalue weighted by Gasteiger charge is 2.28. The lowest BCUT2D eigenvalue weighted by atomic mass is 9.99. The van der Waals surface area contributed by atoms with Crippen LogP contribution in [0.3, 0.4) is 0 Å². The van der Waals surface area contributed by atoms with Crippen molar-refractivity contribution < 1.29 is 43.1 Å². The summed E-state index contributed by atoms with van der Waals surface area (Å²) in [4.78, 5) is 50.8. The van der Waals surface area contributed by atoms with Gasteiger partial charge in [0.15, 0.2) is 12.4 Å². The minimum absolute atomic E-state index is 0.0305. The average molecular weight is 557 g/mol. The van der Waals surface area contributed by atoms with Crippen LogP contribution in [0.2, 0.25) is 5.02 Å². The molecule has 2 heterocycles. The molecule has 1 saturated heterocycles. The Kier molecular flexibility index (Phi) is 10.6. The summed E-state index contributed by atoms with van der Waals surface area (Å²) in [5.74, 6) is -2.24. The molecule has 1 aromatic rings. The summed E-state index contributed by atoms with van der Waals surface area (Å²) in [5.41, 5.74) is -0.0807. The predicted molar refractivity (Wildman–Crippen MR) is 136 cm³/mol. The van der Waals surface area contributed by atoms with Gasteiger partial charge in [0.1, 0.15) is 11.3 Å². The van der Waals surface area contributed by atoms with Crippen LogP contribution in [0.25, 0.3) is 0 Å². The van der Waals surface area contributed by atoms with E-state index in [1.54, 1.807) is 11.0 Å². The molecule has 0 unspecified atom stereocenters. The van der Waals surface area contributed by atoms with Gasteiger partial charge in [-0.1, -0.05) is 35.0 Å². The topological polar surface area (TPSA) is 155 Å². The number of nitrogens with zero attached hydrogens (tertiary/aromatic N) is 2. The van der Waals surface area contributed by atoms with Crippen LogP contribution in [0.15, 0.2) is 35.5 Å². The number of phosphoric ester groups is 1. The van der Waals surface area contributed by atoms with E-state index < -0.39 is 25.3 Å². The molecule has 0 aliphatic carbocycles. The minimum Gasteiger partial charge on any atom is -0.507 e. The SMILES string of the molecule is O=C1OCC/C=C/CC/C=C/C(=N/OCC(=O)N2CCCCC2)Cc2c(Cl)c(OP(=O)(O)O)cc(O)c21. The number of likely N-dealkylation sites (tertiary alicyclic amines) is 1. The van der Waals surface area contributed by atoms with Crippen LogP contribution in [0.4, 0.5) is 0 Å². The first kappa shape index (κ1) is 28.7. The van der Waals surface area contributed by atoms with E-state index in [2.05, 4.69) is 9.68 Å². The van der Waals surface area contributed by atoms with Gasteiger partial charge in [-0.05, 0) is 50.2 Å². The monoisotopic (exact) mass is 556 g/mol. The van der Waals surface area contributed by atoms with Gasteiger partial charge in [0, 0.05) is 25.6 Å². The number of benzene rings is 1. The second kappa shape index (κ2) is 13.6. The number of piperidine rings is 1. The van der Waals surface area contributed by atoms with E-state index in [1.165, 1.54) is 0 Å². The Labute approximate surface area is 219 Å². The summed E-state index contributed by atoms with van der Waals surface area (Å²) in [6.45, 7) is 1.10. The third-order valence-electron chi connectivity index (χ3n) is 5.66. The summed E-state index contributed by atoms with van der Waals surface area (Å²) in [7, 11) is -5.03. The van der Waals surface area contributed by atoms with E-state index in [1.807, 2.05) is 18.2 Å². The highest BCUT2D eigenvalue weighted by atomic mass is 35.5. The first-order valence-corrected chi connectivity index (χ1v) is 13.8. The molecule has 0 spiro atoms. The number of hydrogen-bond acceptors (Lipinski definition) is 8. The molecule has 2 aliphatic heterocycles. The Balaban J connectivity index is 1.95. The molecule has 2 aliphatic rings. The van der Waals surface area contributed by atoms with E-state index in [9.17, 15) is 29.0 Å². The number of ether oxygens (including phenoxy) is 1. The Hall–Kier alpha value is -2.85. The molecule has 0 aromatic heterocycles. The molecular weight excluding hydrogens is 527 g/mol. The maximum absolute atomic E-state index is 12.8. The molecule has 1 aromatic carbocycles. The second-order valence-electron chi connectivity index (χ2n) is 8.49. The number of hydrogen-bond donors (Lipinski definition) is 3. The second-order valence-corrected chi connectivity index (χ2v) is 10.0. The number of esters is 1. The Morgan fingerprint density at radius 3 is 2.57 bits per heavy atom. The molecular formula is C24H30ClN2O9P. The van der Waals surface area contributed by atoms with Crippen LogP contribution in [0, 0.1) is 0 Å². The Morgan fingerprint density at radius 1 is 1.14 bits per heavy atom. The molecule has 0 saturated carbocycles. The Bertz CT molecular complexity index is 1120. The third kappa shape index (κ3) is 8.89. The maximum Gasteiger partial charge on any atom is 0.524 e. The van der Waals surface area contributed by atoms with Gasteiger partial charge in [-0.25, -0.2) is 9.36 Å². The fourth-order valence-electron chi connectivity index (χ4n) is 3.91. The largest absolute Gasteiger partial charge is 0.524 e. The molecule has 1 amide bonds. The number of rotatable bonds is 5. The summed E-state index contributed by atoms with van der Waals surface area (Å²) in [6, 6.07) is 0.838. The number of carbonyl (C=O) groups is 2. The van der Waals surface area contributed by atoms with Crippen LogP contribution >= 0.6 is 19.4 Å². The smallest absolute Gasteiger partial charge is 0.507 e. The molecule has 0 radical (unpaired) electrons. The van der Waals surface area contributed by atoms with Crippen molar-refractivity contribution in [2.45, 2.75) is 44.9 Å². The predicted octanol–water partition coefficient (Wildman–Crippen LogP) is 3.90. The number of oxime groups is 1. The number of phenols is 1. The van der Waals surface area contributed by atoms with Crippen molar-refractivity contribution in [2.75, 3.05) is 26.3 Å². The molecule has 3 rings (SSSR count). The van der Waals surface area contributed by atoms with E-state index in [0.717, 1.165) is 31.7 Å². The van der Waals surface area contributed by atoms with Gasteiger partial charge < -0.3 is 24.1 Å². The van der Waals surface area contributed by atoms with E-state index >= 15 is 0 Å². The van der Waals surface area contributed by atoms with Crippen LogP contribution in [-0.4, -0.2) is 63.7 Å². The molecule has 1 fully saturated rings. The zero-order valence-corrected chi connectivity index (χ0v) is 21.8. The summed E-state index contributed by atoms with van der Waals surface area (Å²) in [5, 5.41) is 14.3. The van der Waals surface area contributed by atoms with Gasteiger partial charge in [-0.3, -0.25) is 14.6 Å². The van der Waals surface area contributed by atoms with E-state index in [-0.39, 0.29) is 47.4 Å². The summed E-state index contributed by atoms with van der Waals surface area (Å²) < 4.78 is 21.3. The van der Waals surface area contributed by atoms with Crippen molar-refractivity contribution in [1.29, 1.82) is 0 Å². The number of cyclic esters (lactones) is 1. The quantitative estimate of drug-likeness (QED) is 0.212. The Morgan fingerprint density at radius 2 is 1.84 bits per heavy atom. The normalized spacial score (nSPS) is 20.4. The molecule has 202 valence electrons. The molecule has 37 heavy (non-hydrogen) atoms. The lowest BCUT2D eigenvalue weighted by molar-refractivity contribution is -0.137. The van der Waals surface area contributed by atoms with Gasteiger partial charge >= 0.3 is 13.8 Å². The number of amides is 1. The van der Waals surface area contributed by atoms with Crippen molar-refractivity contribution in [3.05, 3.63) is 46.5 Å². The highest BCUT2D eigenvalue weighted by Crippen LogP contribution is 2.45. The zero-order chi connectivity index (χ0) is 26.8. The van der Waals surface area contributed by atoms with Crippen LogP contribution in [-0.2, 0) is 25.4 Å². The average Bonchev–Trinajstić information content (AvgIpc) is 2.84. The number of aromatic hydroxyl groups is 1. The summed E-state index contributed by atoms with van der Waals surface area (Å²) in [6.07, 6.45) is 11.9. The number of fused-ring (bicyclic) bond motifs is 1. The van der Waals surface area contributed by atoms with Crippen molar-refractivity contribution in [3.63, 3.8) is 0 Å². The van der Waals surface area contributed by atoms with Gasteiger partial charge in [0.25, 0.3) is 5.91 Å². The fourth-order valence-corrected chi connectivity index (χ4v) is 4.62. The summed E-state index contributed by atoms with van der Waals surface area (Å²) >= 11 is 6.39. The molecule has 11 nitrogen and oxygen atoms in total. The minimum atomic E-state index is -5.03. The zero-order valence-electron chi connectivity index (χ0n) is 20.2. The van der Waals surface area contributed by atoms with Gasteiger partial charge in [0.05, 0.1) is 17.3 Å². The first-order chi connectivity index (χ1) is 17.7. The molecule has 3 N–H and O–H groups in total. The third-order valence-corrected chi connectivity index (χ3v) is 6.51. The van der Waals surface area contributed by atoms with Crippen LogP contribution < -0.4 is 4.52 Å². The van der Waals surface area contributed by atoms with Crippen molar-refractivity contribution in [2.24, 2.45) is 5.16 Å². The van der Waals surface area contributed by atoms with Gasteiger partial charge in [-0.15, -0.1) is 0 Å². The van der Waals surface area contributed by atoms with Crippen LogP contribution in [0.1, 0.15) is 54.4 Å². The number of carbonyl (C=O) groups excluding carboxylic acids is 2. The lowest BCUT2D eigenvalue weighted by Crippen LogP contribution is -2.37. The molecule has 13 heteroatoms. The molecule has 0 atom stereocenters. The van der Waals surface area contributed by atoms with Gasteiger partial charge in [-0.2, -0.15) is 0 Å². The molecule has 0 bridgehead atoms. The lowest BCUT2D eigenvalue weighted by Gasteiger charge is -2.26. The highest BCUT2D eigenvalue weighted by molar-refractivity contribution is 7.46. The van der Waals surface area contributed by atoms with Gasteiger partial charge in [0.2, 0.25) is 0 Å². The van der Waals surface area contributed by atoms with Crippen molar-refractivity contribution >= 4 is 37.0 Å².